The zero-order valence-corrected chi connectivity index (χ0v) is 9.73. The summed E-state index contributed by atoms with van der Waals surface area (Å²) < 4.78 is 6.29. The highest BCUT2D eigenvalue weighted by Crippen LogP contribution is 2.27. The third-order valence-electron chi connectivity index (χ3n) is 2.04. The summed E-state index contributed by atoms with van der Waals surface area (Å²) in [5.74, 6) is 1.47. The van der Waals surface area contributed by atoms with Gasteiger partial charge in [0.15, 0.2) is 5.82 Å². The summed E-state index contributed by atoms with van der Waals surface area (Å²) >= 11 is 3.42. The van der Waals surface area contributed by atoms with Crippen molar-refractivity contribution >= 4 is 15.9 Å². The van der Waals surface area contributed by atoms with Gasteiger partial charge < -0.3 is 9.73 Å². The highest BCUT2D eigenvalue weighted by atomic mass is 79.9. The molecule has 0 spiro atoms. The van der Waals surface area contributed by atoms with Crippen LogP contribution < -0.4 is 5.32 Å². The molecule has 4 nitrogen and oxygen atoms in total. The average Bonchev–Trinajstić information content (AvgIpc) is 2.68. The summed E-state index contributed by atoms with van der Waals surface area (Å²) in [5.41, 5.74) is 0. The quantitative estimate of drug-likeness (QED) is 0.926. The second-order valence-corrected chi connectivity index (χ2v) is 3.82. The number of rotatable bonds is 3. The Hall–Kier alpha value is -1.20. The van der Waals surface area contributed by atoms with E-state index in [0.29, 0.717) is 5.82 Å². The molecule has 0 aromatic carbocycles. The monoisotopic (exact) mass is 267 g/mol. The first-order valence-corrected chi connectivity index (χ1v) is 5.29. The van der Waals surface area contributed by atoms with Gasteiger partial charge in [0.05, 0.1) is 10.7 Å². The molecule has 15 heavy (non-hydrogen) atoms. The Labute approximate surface area is 95.9 Å². The van der Waals surface area contributed by atoms with Gasteiger partial charge in [-0.2, -0.15) is 0 Å². The molecule has 1 atom stereocenters. The third-order valence-corrected chi connectivity index (χ3v) is 2.69. The molecular formula is C10H10BrN3O. The van der Waals surface area contributed by atoms with E-state index >= 15 is 0 Å². The van der Waals surface area contributed by atoms with Crippen molar-refractivity contribution in [2.45, 2.75) is 6.04 Å². The molecule has 1 N–H and O–H groups in total. The molecular weight excluding hydrogens is 258 g/mol. The van der Waals surface area contributed by atoms with Crippen molar-refractivity contribution in [3.05, 3.63) is 46.8 Å². The van der Waals surface area contributed by atoms with E-state index in [2.05, 4.69) is 31.2 Å². The largest absolute Gasteiger partial charge is 0.466 e. The summed E-state index contributed by atoms with van der Waals surface area (Å²) in [5, 5.41) is 3.11. The van der Waals surface area contributed by atoms with Crippen molar-refractivity contribution < 1.29 is 4.42 Å². The second kappa shape index (κ2) is 4.55. The smallest absolute Gasteiger partial charge is 0.152 e. The van der Waals surface area contributed by atoms with Gasteiger partial charge in [-0.15, -0.1) is 0 Å². The first-order valence-electron chi connectivity index (χ1n) is 4.50. The van der Waals surface area contributed by atoms with Gasteiger partial charge in [-0.25, -0.2) is 9.97 Å². The molecule has 2 aromatic heterocycles. The number of halogens is 1. The van der Waals surface area contributed by atoms with Crippen LogP contribution in [0.25, 0.3) is 0 Å². The van der Waals surface area contributed by atoms with Crippen LogP contribution in [0.1, 0.15) is 17.6 Å². The molecule has 0 saturated carbocycles. The summed E-state index contributed by atoms with van der Waals surface area (Å²) in [4.78, 5) is 8.39. The summed E-state index contributed by atoms with van der Waals surface area (Å²) in [7, 11) is 1.84. The fourth-order valence-corrected chi connectivity index (χ4v) is 1.78. The average molecular weight is 268 g/mol. The van der Waals surface area contributed by atoms with Crippen LogP contribution in [0.5, 0.6) is 0 Å². The van der Waals surface area contributed by atoms with Gasteiger partial charge in [0, 0.05) is 12.4 Å². The van der Waals surface area contributed by atoms with Crippen molar-refractivity contribution in [1.82, 2.24) is 15.3 Å². The van der Waals surface area contributed by atoms with E-state index < -0.39 is 0 Å². The van der Waals surface area contributed by atoms with Gasteiger partial charge in [-0.05, 0) is 35.1 Å². The van der Waals surface area contributed by atoms with Crippen LogP contribution in [0, 0.1) is 0 Å². The lowest BCUT2D eigenvalue weighted by molar-refractivity contribution is 0.451. The Bertz CT molecular complexity index is 429. The van der Waals surface area contributed by atoms with Crippen LogP contribution in [0.4, 0.5) is 0 Å². The lowest BCUT2D eigenvalue weighted by Crippen LogP contribution is -2.19. The van der Waals surface area contributed by atoms with E-state index in [0.717, 1.165) is 10.2 Å². The summed E-state index contributed by atoms with van der Waals surface area (Å²) in [6.45, 7) is 0. The minimum Gasteiger partial charge on any atom is -0.466 e. The van der Waals surface area contributed by atoms with Gasteiger partial charge in [0.2, 0.25) is 0 Å². The van der Waals surface area contributed by atoms with Gasteiger partial charge in [0.25, 0.3) is 0 Å². The molecule has 0 amide bonds. The number of hydrogen-bond acceptors (Lipinski definition) is 4. The van der Waals surface area contributed by atoms with Crippen molar-refractivity contribution in [2.75, 3.05) is 7.05 Å². The predicted molar refractivity (Wildman–Crippen MR) is 59.3 cm³/mol. The van der Waals surface area contributed by atoms with Crippen LogP contribution in [-0.2, 0) is 0 Å². The Balaban J connectivity index is 2.37. The molecule has 1 unspecified atom stereocenters. The standard InChI is InChI=1S/C10H10BrN3O/c1-12-8(9-7(11)3-6-15-9)10-13-4-2-5-14-10/h2-6,8,12H,1H3. The molecule has 2 aromatic rings. The fourth-order valence-electron chi connectivity index (χ4n) is 1.35. The highest BCUT2D eigenvalue weighted by Gasteiger charge is 2.20. The van der Waals surface area contributed by atoms with Crippen molar-refractivity contribution in [3.8, 4) is 0 Å². The molecule has 2 rings (SSSR count). The zero-order chi connectivity index (χ0) is 10.7. The van der Waals surface area contributed by atoms with Crippen LogP contribution in [0.3, 0.4) is 0 Å². The van der Waals surface area contributed by atoms with E-state index in [1.165, 1.54) is 0 Å². The van der Waals surface area contributed by atoms with Crippen LogP contribution in [0.2, 0.25) is 0 Å². The van der Waals surface area contributed by atoms with Crippen molar-refractivity contribution in [1.29, 1.82) is 0 Å². The zero-order valence-electron chi connectivity index (χ0n) is 8.14. The SMILES string of the molecule is CNC(c1ncccn1)c1occc1Br. The lowest BCUT2D eigenvalue weighted by Gasteiger charge is -2.11. The number of nitrogens with one attached hydrogen (secondary N) is 1. The summed E-state index contributed by atoms with van der Waals surface area (Å²) in [6, 6.07) is 3.51. The fraction of sp³-hybridized carbons (Fsp3) is 0.200. The van der Waals surface area contributed by atoms with Gasteiger partial charge in [0.1, 0.15) is 11.8 Å². The minimum absolute atomic E-state index is 0.129. The topological polar surface area (TPSA) is 51.0 Å². The lowest BCUT2D eigenvalue weighted by atomic mass is 10.2. The minimum atomic E-state index is -0.129. The summed E-state index contributed by atoms with van der Waals surface area (Å²) in [6.07, 6.45) is 5.06. The maximum absolute atomic E-state index is 5.38. The predicted octanol–water partition coefficient (Wildman–Crippen LogP) is 2.14. The number of hydrogen-bond donors (Lipinski definition) is 1. The first-order chi connectivity index (χ1) is 7.33. The molecule has 0 fully saturated rings. The molecule has 2 heterocycles. The molecule has 0 aliphatic rings. The maximum Gasteiger partial charge on any atom is 0.152 e. The van der Waals surface area contributed by atoms with Gasteiger partial charge >= 0.3 is 0 Å². The van der Waals surface area contributed by atoms with E-state index in [9.17, 15) is 0 Å². The molecule has 0 aliphatic carbocycles. The molecule has 78 valence electrons. The molecule has 5 heteroatoms. The van der Waals surface area contributed by atoms with E-state index in [1.54, 1.807) is 24.7 Å². The third kappa shape index (κ3) is 2.08. The maximum atomic E-state index is 5.38. The van der Waals surface area contributed by atoms with Crippen LogP contribution in [0.15, 0.2) is 39.7 Å². The highest BCUT2D eigenvalue weighted by molar-refractivity contribution is 9.10. The second-order valence-electron chi connectivity index (χ2n) is 2.96. The normalized spacial score (nSPS) is 12.7. The van der Waals surface area contributed by atoms with Crippen molar-refractivity contribution in [2.24, 2.45) is 0 Å². The Morgan fingerprint density at radius 2 is 2.13 bits per heavy atom. The number of nitrogens with zero attached hydrogens (tertiary/aromatic N) is 2. The van der Waals surface area contributed by atoms with E-state index in [-0.39, 0.29) is 6.04 Å². The van der Waals surface area contributed by atoms with E-state index in [1.807, 2.05) is 13.1 Å². The molecule has 0 bridgehead atoms. The van der Waals surface area contributed by atoms with E-state index in [4.69, 9.17) is 4.42 Å². The Morgan fingerprint density at radius 3 is 2.67 bits per heavy atom. The molecule has 0 saturated heterocycles. The van der Waals surface area contributed by atoms with Crippen LogP contribution >= 0.6 is 15.9 Å². The van der Waals surface area contributed by atoms with Gasteiger partial charge in [-0.1, -0.05) is 0 Å². The Morgan fingerprint density at radius 1 is 1.40 bits per heavy atom. The molecule has 0 aliphatic heterocycles. The number of furan rings is 1. The van der Waals surface area contributed by atoms with Gasteiger partial charge in [-0.3, -0.25) is 0 Å². The first kappa shape index (κ1) is 10.3. The molecule has 0 radical (unpaired) electrons. The number of aromatic nitrogens is 2. The Kier molecular flexibility index (Phi) is 3.13. The van der Waals surface area contributed by atoms with Crippen LogP contribution in [-0.4, -0.2) is 17.0 Å². The van der Waals surface area contributed by atoms with Crippen molar-refractivity contribution in [3.63, 3.8) is 0 Å².